The van der Waals surface area contributed by atoms with E-state index in [0.717, 1.165) is 11.3 Å². The first-order chi connectivity index (χ1) is 10.1. The second-order valence-electron chi connectivity index (χ2n) is 4.39. The molecule has 0 spiro atoms. The van der Waals surface area contributed by atoms with Gasteiger partial charge < -0.3 is 20.1 Å². The number of methoxy groups -OCH3 is 1. The number of nitrogens with one attached hydrogen (secondary N) is 1. The summed E-state index contributed by atoms with van der Waals surface area (Å²) in [5.41, 5.74) is 1.06. The highest BCUT2D eigenvalue weighted by atomic mass is 16.5. The van der Waals surface area contributed by atoms with Crippen molar-refractivity contribution in [1.82, 2.24) is 10.2 Å². The number of benzene rings is 1. The van der Waals surface area contributed by atoms with Crippen molar-refractivity contribution in [1.29, 1.82) is 0 Å². The van der Waals surface area contributed by atoms with E-state index in [-0.39, 0.29) is 13.1 Å². The summed E-state index contributed by atoms with van der Waals surface area (Å²) in [5.74, 6) is -0.274. The van der Waals surface area contributed by atoms with Crippen LogP contribution in [0.2, 0.25) is 0 Å². The molecule has 1 rings (SSSR count). The van der Waals surface area contributed by atoms with Gasteiger partial charge in [-0.3, -0.25) is 4.79 Å². The van der Waals surface area contributed by atoms with E-state index in [9.17, 15) is 9.59 Å². The van der Waals surface area contributed by atoms with E-state index in [4.69, 9.17) is 9.84 Å². The van der Waals surface area contributed by atoms with Crippen molar-refractivity contribution < 1.29 is 19.4 Å². The predicted octanol–water partition coefficient (Wildman–Crippen LogP) is 1.52. The molecule has 6 heteroatoms. The number of carbonyl (C=O) groups is 2. The molecule has 0 radical (unpaired) electrons. The number of hydrogen-bond donors (Lipinski definition) is 2. The summed E-state index contributed by atoms with van der Waals surface area (Å²) in [6.07, 6.45) is 2.15. The molecule has 114 valence electrons. The van der Waals surface area contributed by atoms with Crippen molar-refractivity contribution in [2.24, 2.45) is 0 Å². The molecule has 0 bridgehead atoms. The highest BCUT2D eigenvalue weighted by Gasteiger charge is 2.14. The van der Waals surface area contributed by atoms with Crippen LogP contribution in [0.1, 0.15) is 5.56 Å². The number of carbonyl (C=O) groups excluding carboxylic acids is 1. The quantitative estimate of drug-likeness (QED) is 0.712. The van der Waals surface area contributed by atoms with Gasteiger partial charge in [0.25, 0.3) is 0 Å². The molecule has 0 atom stereocenters. The molecular weight excluding hydrogens is 272 g/mol. The zero-order chi connectivity index (χ0) is 15.7. The van der Waals surface area contributed by atoms with Crippen molar-refractivity contribution in [3.05, 3.63) is 42.5 Å². The molecule has 0 saturated carbocycles. The zero-order valence-electron chi connectivity index (χ0n) is 12.0. The van der Waals surface area contributed by atoms with Crippen molar-refractivity contribution in [2.45, 2.75) is 6.42 Å². The monoisotopic (exact) mass is 292 g/mol. The average molecular weight is 292 g/mol. The maximum absolute atomic E-state index is 11.8. The highest BCUT2D eigenvalue weighted by molar-refractivity contribution is 5.80. The van der Waals surface area contributed by atoms with Crippen LogP contribution in [0.4, 0.5) is 4.79 Å². The topological polar surface area (TPSA) is 78.9 Å². The molecule has 0 fully saturated rings. The van der Waals surface area contributed by atoms with Gasteiger partial charge in [-0.2, -0.15) is 0 Å². The molecule has 21 heavy (non-hydrogen) atoms. The van der Waals surface area contributed by atoms with Gasteiger partial charge in [-0.05, 0) is 24.1 Å². The van der Waals surface area contributed by atoms with Crippen LogP contribution in [0.15, 0.2) is 36.9 Å². The van der Waals surface area contributed by atoms with Crippen molar-refractivity contribution >= 4 is 12.0 Å². The standard InChI is InChI=1S/C15H20N2O4/c1-3-10-17(11-14(18)19)15(20)16-9-8-12-4-6-13(21-2)7-5-12/h3-7H,1,8-11H2,2H3,(H,16,20)(H,18,19). The van der Waals surface area contributed by atoms with Gasteiger partial charge in [0.1, 0.15) is 12.3 Å². The first-order valence-electron chi connectivity index (χ1n) is 6.55. The lowest BCUT2D eigenvalue weighted by Crippen LogP contribution is -2.43. The number of nitrogens with zero attached hydrogens (tertiary/aromatic N) is 1. The molecule has 1 aromatic carbocycles. The van der Waals surface area contributed by atoms with Crippen molar-refractivity contribution in [3.8, 4) is 5.75 Å². The highest BCUT2D eigenvalue weighted by Crippen LogP contribution is 2.11. The van der Waals surface area contributed by atoms with Crippen LogP contribution >= 0.6 is 0 Å². The Kier molecular flexibility index (Phi) is 6.80. The Morgan fingerprint density at radius 1 is 1.38 bits per heavy atom. The lowest BCUT2D eigenvalue weighted by atomic mass is 10.1. The van der Waals surface area contributed by atoms with E-state index >= 15 is 0 Å². The summed E-state index contributed by atoms with van der Waals surface area (Å²) in [6, 6.07) is 7.14. The second kappa shape index (κ2) is 8.63. The Bertz CT molecular complexity index is 485. The van der Waals surface area contributed by atoms with Gasteiger partial charge in [0.05, 0.1) is 7.11 Å². The number of rotatable bonds is 8. The number of ether oxygens (including phenoxy) is 1. The smallest absolute Gasteiger partial charge is 0.323 e. The fraction of sp³-hybridized carbons (Fsp3) is 0.333. The van der Waals surface area contributed by atoms with Crippen LogP contribution < -0.4 is 10.1 Å². The van der Waals surface area contributed by atoms with E-state index in [1.165, 1.54) is 11.0 Å². The van der Waals surface area contributed by atoms with Crippen molar-refractivity contribution in [3.63, 3.8) is 0 Å². The summed E-state index contributed by atoms with van der Waals surface area (Å²) >= 11 is 0. The maximum atomic E-state index is 11.8. The van der Waals surface area contributed by atoms with Gasteiger partial charge in [-0.15, -0.1) is 6.58 Å². The van der Waals surface area contributed by atoms with Gasteiger partial charge in [-0.25, -0.2) is 4.79 Å². The van der Waals surface area contributed by atoms with Gasteiger partial charge >= 0.3 is 12.0 Å². The van der Waals surface area contributed by atoms with E-state index in [1.807, 2.05) is 24.3 Å². The van der Waals surface area contributed by atoms with Gasteiger partial charge in [-0.1, -0.05) is 18.2 Å². The first kappa shape index (κ1) is 16.6. The molecule has 0 unspecified atom stereocenters. The van der Waals surface area contributed by atoms with E-state index in [0.29, 0.717) is 13.0 Å². The van der Waals surface area contributed by atoms with E-state index in [2.05, 4.69) is 11.9 Å². The molecule has 2 amide bonds. The SMILES string of the molecule is C=CCN(CC(=O)O)C(=O)NCCc1ccc(OC)cc1. The Morgan fingerprint density at radius 2 is 2.05 bits per heavy atom. The summed E-state index contributed by atoms with van der Waals surface area (Å²) in [7, 11) is 1.60. The molecular formula is C15H20N2O4. The summed E-state index contributed by atoms with van der Waals surface area (Å²) in [6.45, 7) is 3.79. The minimum absolute atomic E-state index is 0.195. The number of amides is 2. The van der Waals surface area contributed by atoms with Gasteiger partial charge in [0, 0.05) is 13.1 Å². The molecule has 1 aromatic rings. The largest absolute Gasteiger partial charge is 0.497 e. The minimum atomic E-state index is -1.05. The molecule has 2 N–H and O–H groups in total. The third-order valence-electron chi connectivity index (χ3n) is 2.81. The lowest BCUT2D eigenvalue weighted by Gasteiger charge is -2.19. The normalized spacial score (nSPS) is 9.76. The summed E-state index contributed by atoms with van der Waals surface area (Å²) in [4.78, 5) is 23.7. The Morgan fingerprint density at radius 3 is 2.57 bits per heavy atom. The molecule has 0 aliphatic heterocycles. The second-order valence-corrected chi connectivity index (χ2v) is 4.39. The molecule has 0 aliphatic rings. The fourth-order valence-corrected chi connectivity index (χ4v) is 1.76. The summed E-state index contributed by atoms with van der Waals surface area (Å²) < 4.78 is 5.07. The van der Waals surface area contributed by atoms with E-state index < -0.39 is 12.0 Å². The average Bonchev–Trinajstić information content (AvgIpc) is 2.47. The van der Waals surface area contributed by atoms with Crippen LogP contribution in [0, 0.1) is 0 Å². The number of aliphatic carboxylic acids is 1. The number of hydrogen-bond acceptors (Lipinski definition) is 3. The molecule has 0 saturated heterocycles. The maximum Gasteiger partial charge on any atom is 0.323 e. The van der Waals surface area contributed by atoms with Crippen LogP contribution in [-0.4, -0.2) is 48.8 Å². The van der Waals surface area contributed by atoms with Crippen LogP contribution in [0.25, 0.3) is 0 Å². The Hall–Kier alpha value is -2.50. The predicted molar refractivity (Wildman–Crippen MR) is 79.5 cm³/mol. The first-order valence-corrected chi connectivity index (χ1v) is 6.55. The van der Waals surface area contributed by atoms with Crippen LogP contribution in [0.3, 0.4) is 0 Å². The van der Waals surface area contributed by atoms with Crippen LogP contribution in [0.5, 0.6) is 5.75 Å². The number of carboxylic acids is 1. The summed E-state index contributed by atoms with van der Waals surface area (Å²) in [5, 5.41) is 11.4. The van der Waals surface area contributed by atoms with Crippen LogP contribution in [-0.2, 0) is 11.2 Å². The molecule has 0 heterocycles. The Labute approximate surface area is 124 Å². The zero-order valence-corrected chi connectivity index (χ0v) is 12.0. The van der Waals surface area contributed by atoms with Crippen molar-refractivity contribution in [2.75, 3.05) is 26.7 Å². The van der Waals surface area contributed by atoms with Gasteiger partial charge in [0.2, 0.25) is 0 Å². The number of urea groups is 1. The Balaban J connectivity index is 2.43. The lowest BCUT2D eigenvalue weighted by molar-refractivity contribution is -0.137. The fourth-order valence-electron chi connectivity index (χ4n) is 1.76. The number of carboxylic acid groups (broad SMARTS) is 1. The minimum Gasteiger partial charge on any atom is -0.497 e. The molecule has 0 aliphatic carbocycles. The third kappa shape index (κ3) is 5.99. The third-order valence-corrected chi connectivity index (χ3v) is 2.81. The van der Waals surface area contributed by atoms with Gasteiger partial charge in [0.15, 0.2) is 0 Å². The van der Waals surface area contributed by atoms with E-state index in [1.54, 1.807) is 7.11 Å². The molecule has 0 aromatic heterocycles. The molecule has 6 nitrogen and oxygen atoms in total.